The zero-order valence-corrected chi connectivity index (χ0v) is 17.5. The van der Waals surface area contributed by atoms with Crippen LogP contribution in [0.3, 0.4) is 0 Å². The predicted octanol–water partition coefficient (Wildman–Crippen LogP) is 4.82. The van der Waals surface area contributed by atoms with Gasteiger partial charge in [-0.1, -0.05) is 17.7 Å². The molecule has 0 saturated carbocycles. The van der Waals surface area contributed by atoms with E-state index in [1.54, 1.807) is 43.3 Å². The molecule has 6 heteroatoms. The second kappa shape index (κ2) is 10.6. The van der Waals surface area contributed by atoms with Gasteiger partial charge < -0.3 is 19.1 Å². The van der Waals surface area contributed by atoms with Gasteiger partial charge in [0.1, 0.15) is 5.75 Å². The second-order valence-corrected chi connectivity index (χ2v) is 6.49. The molecule has 0 radical (unpaired) electrons. The highest BCUT2D eigenvalue weighted by Crippen LogP contribution is 2.29. The summed E-state index contributed by atoms with van der Waals surface area (Å²) in [4.78, 5) is 14.1. The normalized spacial score (nSPS) is 10.8. The molecule has 2 aromatic carbocycles. The van der Waals surface area contributed by atoms with E-state index in [-0.39, 0.29) is 5.91 Å². The SMILES string of the molecule is CCOc1ccc(/C=C/C(=O)N(C)Cc2cc(Cl)ccc2OC)cc1OCC. The number of carbonyl (C=O) groups excluding carboxylic acids is 1. The summed E-state index contributed by atoms with van der Waals surface area (Å²) in [7, 11) is 3.33. The van der Waals surface area contributed by atoms with Crippen LogP contribution in [0.1, 0.15) is 25.0 Å². The number of amides is 1. The van der Waals surface area contributed by atoms with Crippen LogP contribution in [-0.2, 0) is 11.3 Å². The van der Waals surface area contributed by atoms with E-state index < -0.39 is 0 Å². The Labute approximate surface area is 171 Å². The van der Waals surface area contributed by atoms with Gasteiger partial charge in [0.25, 0.3) is 0 Å². The Morgan fingerprint density at radius 3 is 2.39 bits per heavy atom. The first-order valence-electron chi connectivity index (χ1n) is 9.13. The monoisotopic (exact) mass is 403 g/mol. The van der Waals surface area contributed by atoms with Gasteiger partial charge in [-0.3, -0.25) is 4.79 Å². The highest BCUT2D eigenvalue weighted by molar-refractivity contribution is 6.30. The molecule has 0 fully saturated rings. The zero-order chi connectivity index (χ0) is 20.5. The predicted molar refractivity (Wildman–Crippen MR) is 112 cm³/mol. The van der Waals surface area contributed by atoms with Crippen molar-refractivity contribution in [2.75, 3.05) is 27.4 Å². The van der Waals surface area contributed by atoms with Crippen LogP contribution < -0.4 is 14.2 Å². The molecule has 28 heavy (non-hydrogen) atoms. The number of methoxy groups -OCH3 is 1. The van der Waals surface area contributed by atoms with Crippen LogP contribution >= 0.6 is 11.6 Å². The molecule has 5 nitrogen and oxygen atoms in total. The summed E-state index contributed by atoms with van der Waals surface area (Å²) in [5, 5.41) is 0.602. The van der Waals surface area contributed by atoms with Crippen LogP contribution in [0.2, 0.25) is 5.02 Å². The highest BCUT2D eigenvalue weighted by atomic mass is 35.5. The molecule has 2 aromatic rings. The summed E-state index contributed by atoms with van der Waals surface area (Å²) in [6.45, 7) is 5.33. The molecule has 0 heterocycles. The van der Waals surface area contributed by atoms with E-state index in [1.165, 1.54) is 6.08 Å². The lowest BCUT2D eigenvalue weighted by Gasteiger charge is -2.17. The first-order chi connectivity index (χ1) is 13.5. The molecule has 0 aliphatic heterocycles. The number of hydrogen-bond donors (Lipinski definition) is 0. The van der Waals surface area contributed by atoms with Gasteiger partial charge in [0.2, 0.25) is 5.91 Å². The largest absolute Gasteiger partial charge is 0.496 e. The van der Waals surface area contributed by atoms with E-state index in [1.807, 2.05) is 32.0 Å². The maximum Gasteiger partial charge on any atom is 0.246 e. The minimum absolute atomic E-state index is 0.131. The molecule has 2 rings (SSSR count). The lowest BCUT2D eigenvalue weighted by atomic mass is 10.1. The fourth-order valence-corrected chi connectivity index (χ4v) is 2.86. The van der Waals surface area contributed by atoms with E-state index in [0.29, 0.717) is 42.0 Å². The third-order valence-corrected chi connectivity index (χ3v) is 4.25. The number of rotatable bonds is 9. The van der Waals surface area contributed by atoms with Crippen molar-refractivity contribution in [1.82, 2.24) is 4.90 Å². The van der Waals surface area contributed by atoms with Gasteiger partial charge in [-0.05, 0) is 55.8 Å². The van der Waals surface area contributed by atoms with Gasteiger partial charge in [0.05, 0.1) is 20.3 Å². The van der Waals surface area contributed by atoms with E-state index in [0.717, 1.165) is 11.1 Å². The number of ether oxygens (including phenoxy) is 3. The van der Waals surface area contributed by atoms with Crippen LogP contribution in [0.4, 0.5) is 0 Å². The minimum Gasteiger partial charge on any atom is -0.496 e. The van der Waals surface area contributed by atoms with Crippen LogP contribution in [0.25, 0.3) is 6.08 Å². The average Bonchev–Trinajstić information content (AvgIpc) is 2.68. The van der Waals surface area contributed by atoms with Crippen molar-refractivity contribution in [2.24, 2.45) is 0 Å². The summed E-state index contributed by atoms with van der Waals surface area (Å²) < 4.78 is 16.5. The summed E-state index contributed by atoms with van der Waals surface area (Å²) in [5.74, 6) is 1.92. The van der Waals surface area contributed by atoms with Gasteiger partial charge in [0.15, 0.2) is 11.5 Å². The molecule has 0 N–H and O–H groups in total. The lowest BCUT2D eigenvalue weighted by Crippen LogP contribution is -2.24. The van der Waals surface area contributed by atoms with Crippen LogP contribution in [0.5, 0.6) is 17.2 Å². The smallest absolute Gasteiger partial charge is 0.246 e. The molecule has 0 bridgehead atoms. The Morgan fingerprint density at radius 2 is 1.71 bits per heavy atom. The molecular weight excluding hydrogens is 378 g/mol. The van der Waals surface area contributed by atoms with Crippen molar-refractivity contribution in [3.05, 3.63) is 58.6 Å². The molecule has 0 spiro atoms. The quantitative estimate of drug-likeness (QED) is 0.563. The molecule has 0 saturated heterocycles. The first kappa shape index (κ1) is 21.6. The number of nitrogens with zero attached hydrogens (tertiary/aromatic N) is 1. The Kier molecular flexibility index (Phi) is 8.20. The number of carbonyl (C=O) groups is 1. The van der Waals surface area contributed by atoms with E-state index in [9.17, 15) is 4.79 Å². The van der Waals surface area contributed by atoms with Crippen molar-refractivity contribution in [3.63, 3.8) is 0 Å². The van der Waals surface area contributed by atoms with Crippen molar-refractivity contribution >= 4 is 23.6 Å². The van der Waals surface area contributed by atoms with Gasteiger partial charge in [-0.2, -0.15) is 0 Å². The Bertz CT molecular complexity index is 835. The van der Waals surface area contributed by atoms with Gasteiger partial charge in [-0.15, -0.1) is 0 Å². The van der Waals surface area contributed by atoms with Crippen molar-refractivity contribution in [3.8, 4) is 17.2 Å². The summed E-state index contributed by atoms with van der Waals surface area (Å²) in [6, 6.07) is 10.9. The summed E-state index contributed by atoms with van der Waals surface area (Å²) >= 11 is 6.06. The number of halogens is 1. The fourth-order valence-electron chi connectivity index (χ4n) is 2.67. The molecule has 1 amide bonds. The highest BCUT2D eigenvalue weighted by Gasteiger charge is 2.11. The average molecular weight is 404 g/mol. The van der Waals surface area contributed by atoms with Crippen molar-refractivity contribution < 1.29 is 19.0 Å². The van der Waals surface area contributed by atoms with Gasteiger partial charge in [0, 0.05) is 30.3 Å². The Balaban J connectivity index is 2.10. The summed E-state index contributed by atoms with van der Waals surface area (Å²) in [6.07, 6.45) is 3.29. The number of benzene rings is 2. The molecule has 0 aromatic heterocycles. The second-order valence-electron chi connectivity index (χ2n) is 6.06. The Morgan fingerprint density at radius 1 is 1.04 bits per heavy atom. The molecule has 150 valence electrons. The minimum atomic E-state index is -0.131. The van der Waals surface area contributed by atoms with E-state index >= 15 is 0 Å². The standard InChI is InChI=1S/C22H26ClNO4/c1-5-27-20-10-7-16(13-21(20)28-6-2)8-12-22(25)24(3)15-17-14-18(23)9-11-19(17)26-4/h7-14H,5-6,15H2,1-4H3/b12-8+. The van der Waals surface area contributed by atoms with Crippen LogP contribution in [0, 0.1) is 0 Å². The topological polar surface area (TPSA) is 48.0 Å². The fraction of sp³-hybridized carbons (Fsp3) is 0.318. The first-order valence-corrected chi connectivity index (χ1v) is 9.51. The van der Waals surface area contributed by atoms with Crippen LogP contribution in [0.15, 0.2) is 42.5 Å². The number of likely N-dealkylation sites (N-methyl/N-ethyl adjacent to an activating group) is 1. The zero-order valence-electron chi connectivity index (χ0n) is 16.7. The molecule has 0 atom stereocenters. The van der Waals surface area contributed by atoms with E-state index in [4.69, 9.17) is 25.8 Å². The molecule has 0 unspecified atom stereocenters. The summed E-state index contributed by atoms with van der Waals surface area (Å²) in [5.41, 5.74) is 1.70. The van der Waals surface area contributed by atoms with Crippen molar-refractivity contribution in [2.45, 2.75) is 20.4 Å². The maximum absolute atomic E-state index is 12.5. The third kappa shape index (κ3) is 5.92. The third-order valence-electron chi connectivity index (χ3n) is 4.01. The van der Waals surface area contributed by atoms with E-state index in [2.05, 4.69) is 0 Å². The Hall–Kier alpha value is -2.66. The number of hydrogen-bond acceptors (Lipinski definition) is 4. The van der Waals surface area contributed by atoms with Crippen molar-refractivity contribution in [1.29, 1.82) is 0 Å². The molecule has 0 aliphatic carbocycles. The van der Waals surface area contributed by atoms with Gasteiger partial charge in [-0.25, -0.2) is 0 Å². The lowest BCUT2D eigenvalue weighted by molar-refractivity contribution is -0.125. The van der Waals surface area contributed by atoms with Crippen LogP contribution in [-0.4, -0.2) is 38.2 Å². The molecule has 0 aliphatic rings. The maximum atomic E-state index is 12.5. The van der Waals surface area contributed by atoms with Gasteiger partial charge >= 0.3 is 0 Å². The molecular formula is C22H26ClNO4.